The van der Waals surface area contributed by atoms with E-state index in [0.717, 1.165) is 75.4 Å². The molecule has 0 radical (unpaired) electrons. The van der Waals surface area contributed by atoms with E-state index < -0.39 is 5.92 Å². The molecule has 0 bridgehead atoms. The molecule has 1 saturated carbocycles. The summed E-state index contributed by atoms with van der Waals surface area (Å²) in [6, 6.07) is 18.0. The van der Waals surface area contributed by atoms with Gasteiger partial charge in [-0.05, 0) is 59.7 Å². The third-order valence-corrected chi connectivity index (χ3v) is 7.36. The number of rotatable bonds is 8. The molecule has 1 atom stereocenters. The van der Waals surface area contributed by atoms with Crippen molar-refractivity contribution in [2.24, 2.45) is 0 Å². The molecule has 5 rings (SSSR count). The highest BCUT2D eigenvalue weighted by Crippen LogP contribution is 2.54. The first kappa shape index (κ1) is 23.7. The van der Waals surface area contributed by atoms with Crippen molar-refractivity contribution in [3.05, 3.63) is 101 Å². The monoisotopic (exact) mass is 489 g/mol. The first-order chi connectivity index (χ1) is 16.7. The van der Waals surface area contributed by atoms with Crippen LogP contribution in [0.1, 0.15) is 40.7 Å². The Balaban J connectivity index is 1.38. The van der Waals surface area contributed by atoms with Gasteiger partial charge in [-0.2, -0.15) is 0 Å². The van der Waals surface area contributed by atoms with Gasteiger partial charge >= 0.3 is 0 Å². The molecule has 6 heteroatoms. The highest BCUT2D eigenvalue weighted by atomic mass is 31.0. The minimum atomic E-state index is -2.63. The zero-order chi connectivity index (χ0) is 24.8. The van der Waals surface area contributed by atoms with E-state index in [1.54, 1.807) is 0 Å². The van der Waals surface area contributed by atoms with Crippen molar-refractivity contribution < 1.29 is 8.78 Å². The number of benzene rings is 2. The Labute approximate surface area is 208 Å². The van der Waals surface area contributed by atoms with Crippen molar-refractivity contribution in [1.29, 1.82) is 0 Å². The van der Waals surface area contributed by atoms with Gasteiger partial charge in [0.25, 0.3) is 5.92 Å². The number of alkyl halides is 2. The van der Waals surface area contributed by atoms with E-state index in [4.69, 9.17) is 4.98 Å². The zero-order valence-corrected chi connectivity index (χ0v) is 21.1. The van der Waals surface area contributed by atoms with Gasteiger partial charge in [-0.1, -0.05) is 55.6 Å². The Kier molecular flexibility index (Phi) is 6.01. The van der Waals surface area contributed by atoms with E-state index in [1.165, 1.54) is 0 Å². The summed E-state index contributed by atoms with van der Waals surface area (Å²) < 4.78 is 27.8. The molecule has 1 heterocycles. The second kappa shape index (κ2) is 8.87. The number of fused-ring (bicyclic) bond motifs is 1. The maximum absolute atomic E-state index is 13.9. The summed E-state index contributed by atoms with van der Waals surface area (Å²) in [5.74, 6) is -1.91. The van der Waals surface area contributed by atoms with Gasteiger partial charge in [0.1, 0.15) is 5.82 Å². The molecule has 2 aliphatic rings. The van der Waals surface area contributed by atoms with Crippen LogP contribution in [0, 0.1) is 6.92 Å². The smallest absolute Gasteiger partial charge is 0.256 e. The van der Waals surface area contributed by atoms with Crippen LogP contribution in [0.4, 0.5) is 14.6 Å². The van der Waals surface area contributed by atoms with Gasteiger partial charge in [0.15, 0.2) is 0 Å². The molecule has 2 aromatic carbocycles. The molecule has 35 heavy (non-hydrogen) atoms. The molecular weight excluding hydrogens is 459 g/mol. The van der Waals surface area contributed by atoms with Crippen LogP contribution >= 0.6 is 9.24 Å². The van der Waals surface area contributed by atoms with Crippen LogP contribution in [-0.2, 0) is 18.3 Å². The van der Waals surface area contributed by atoms with Gasteiger partial charge in [0.2, 0.25) is 0 Å². The Morgan fingerprint density at radius 3 is 2.54 bits per heavy atom. The van der Waals surface area contributed by atoms with Gasteiger partial charge in [-0.3, -0.25) is 0 Å². The molecule has 1 aromatic heterocycles. The summed E-state index contributed by atoms with van der Waals surface area (Å²) in [7, 11) is 2.64. The number of anilines is 1. The lowest BCUT2D eigenvalue weighted by molar-refractivity contribution is 0.0130. The third-order valence-electron chi connectivity index (χ3n) is 7.16. The number of hydrogen-bond donors (Lipinski definition) is 2. The van der Waals surface area contributed by atoms with Gasteiger partial charge in [0.05, 0.1) is 5.69 Å². The topological polar surface area (TPSA) is 37.0 Å². The second-order valence-corrected chi connectivity index (χ2v) is 10.1. The van der Waals surface area contributed by atoms with Crippen LogP contribution in [0.5, 0.6) is 0 Å². The van der Waals surface area contributed by atoms with Crippen molar-refractivity contribution in [1.82, 2.24) is 10.3 Å². The van der Waals surface area contributed by atoms with E-state index in [-0.39, 0.29) is 18.3 Å². The van der Waals surface area contributed by atoms with Gasteiger partial charge in [-0.15, -0.1) is 9.24 Å². The number of nitrogens with one attached hydrogen (secondary N) is 2. The summed E-state index contributed by atoms with van der Waals surface area (Å²) in [5.41, 5.74) is 8.08. The quantitative estimate of drug-likeness (QED) is 0.340. The van der Waals surface area contributed by atoms with Crippen LogP contribution in [0.15, 0.2) is 73.5 Å². The number of allylic oxidation sites excluding steroid dienone is 1. The lowest BCUT2D eigenvalue weighted by Gasteiger charge is -2.22. The van der Waals surface area contributed by atoms with Crippen molar-refractivity contribution in [3.63, 3.8) is 0 Å². The predicted octanol–water partition coefficient (Wildman–Crippen LogP) is 6.84. The highest BCUT2D eigenvalue weighted by Gasteiger charge is 2.48. The maximum Gasteiger partial charge on any atom is 0.256 e. The average Bonchev–Trinajstić information content (AvgIpc) is 3.57. The van der Waals surface area contributed by atoms with Gasteiger partial charge in [-0.25, -0.2) is 13.8 Å². The highest BCUT2D eigenvalue weighted by molar-refractivity contribution is 7.16. The molecule has 0 amide bonds. The number of aryl methyl sites for hydroxylation is 1. The number of halogens is 2. The minimum absolute atomic E-state index is 0.160. The van der Waals surface area contributed by atoms with Crippen molar-refractivity contribution in [2.45, 2.75) is 43.9 Å². The fourth-order valence-corrected chi connectivity index (χ4v) is 5.26. The van der Waals surface area contributed by atoms with E-state index in [2.05, 4.69) is 45.2 Å². The normalized spacial score (nSPS) is 16.9. The summed E-state index contributed by atoms with van der Waals surface area (Å²) in [5, 5.41) is 6.67. The number of aromatic nitrogens is 1. The second-order valence-electron chi connectivity index (χ2n) is 9.68. The Morgan fingerprint density at radius 2 is 1.80 bits per heavy atom. The van der Waals surface area contributed by atoms with E-state index in [1.807, 2.05) is 49.4 Å². The van der Waals surface area contributed by atoms with Crippen LogP contribution in [0.25, 0.3) is 17.0 Å². The number of hydrogen-bond acceptors (Lipinski definition) is 3. The molecule has 1 fully saturated rings. The summed E-state index contributed by atoms with van der Waals surface area (Å²) >= 11 is 0. The first-order valence-corrected chi connectivity index (χ1v) is 12.7. The Bertz CT molecular complexity index is 1330. The average molecular weight is 490 g/mol. The predicted molar refractivity (Wildman–Crippen MR) is 144 cm³/mol. The Morgan fingerprint density at radius 1 is 1.03 bits per heavy atom. The molecular formula is C29H30F2N3P. The minimum Gasteiger partial charge on any atom is -0.382 e. The molecule has 180 valence electrons. The molecule has 0 spiro atoms. The van der Waals surface area contributed by atoms with Crippen molar-refractivity contribution in [2.75, 3.05) is 11.6 Å². The van der Waals surface area contributed by atoms with Crippen molar-refractivity contribution in [3.8, 4) is 11.3 Å². The van der Waals surface area contributed by atoms with E-state index >= 15 is 0 Å². The molecule has 3 nitrogen and oxygen atoms in total. The van der Waals surface area contributed by atoms with E-state index in [0.29, 0.717) is 0 Å². The molecule has 3 aromatic rings. The van der Waals surface area contributed by atoms with Crippen LogP contribution in [0.3, 0.4) is 0 Å². The summed E-state index contributed by atoms with van der Waals surface area (Å²) in [4.78, 5) is 4.92. The molecule has 0 saturated heterocycles. The first-order valence-electron chi connectivity index (χ1n) is 11.9. The fourth-order valence-electron chi connectivity index (χ4n) is 5.01. The van der Waals surface area contributed by atoms with Crippen molar-refractivity contribution >= 4 is 20.8 Å². The number of nitrogens with zero attached hydrogens (tertiary/aromatic N) is 1. The summed E-state index contributed by atoms with van der Waals surface area (Å²) in [6.45, 7) is 10.5. The molecule has 2 aliphatic carbocycles. The molecule has 2 N–H and O–H groups in total. The maximum atomic E-state index is 13.9. The lowest BCUT2D eigenvalue weighted by Crippen LogP contribution is -2.17. The standard InChI is InChI=1S/C29H30F2N3P/c1-18-7-10-26(34-27(18)22-6-4-5-21(13-22)19(2)32-17-35)33-20(3)28(11-12-28)25-9-8-23-15-29(30,31)16-24(23)14-25/h4-10,13-14,32H,2-3,11-12,15-17,35H2,1H3,(H,33,34). The SMILES string of the molecule is C=C(NCP)c1cccc(-c2nc(NC(=C)C3(c4ccc5c(c4)CC(F)(F)C5)CC3)ccc2C)c1. The van der Waals surface area contributed by atoms with Crippen LogP contribution in [-0.4, -0.2) is 17.2 Å². The van der Waals surface area contributed by atoms with Gasteiger partial charge < -0.3 is 10.6 Å². The molecule has 1 unspecified atom stereocenters. The van der Waals surface area contributed by atoms with E-state index in [9.17, 15) is 8.78 Å². The van der Waals surface area contributed by atoms with Crippen LogP contribution in [0.2, 0.25) is 0 Å². The molecule has 0 aliphatic heterocycles. The third kappa shape index (κ3) is 4.62. The zero-order valence-electron chi connectivity index (χ0n) is 19.9. The lowest BCUT2D eigenvalue weighted by atomic mass is 9.90. The Hall–Kier alpha value is -3.04. The van der Waals surface area contributed by atoms with Gasteiger partial charge in [0, 0.05) is 41.5 Å². The summed E-state index contributed by atoms with van der Waals surface area (Å²) in [6.07, 6.45) is 2.29. The van der Waals surface area contributed by atoms with Crippen LogP contribution < -0.4 is 10.6 Å². The largest absolute Gasteiger partial charge is 0.382 e. The fraction of sp³-hybridized carbons (Fsp3) is 0.276. The number of pyridine rings is 1.